The molecule has 1 aromatic carbocycles. The normalized spacial score (nSPS) is 16.1. The number of hydrogen-bond donors (Lipinski definition) is 0. The van der Waals surface area contributed by atoms with Crippen LogP contribution in [0.1, 0.15) is 42.4 Å². The van der Waals surface area contributed by atoms with Crippen LogP contribution in [0.5, 0.6) is 0 Å². The first kappa shape index (κ1) is 11.0. The predicted molar refractivity (Wildman–Crippen MR) is 70.1 cm³/mol. The summed E-state index contributed by atoms with van der Waals surface area (Å²) in [5, 5.41) is 0. The van der Waals surface area contributed by atoms with Crippen molar-refractivity contribution in [2.75, 3.05) is 0 Å². The monoisotopic (exact) mass is 210 g/mol. The first-order valence-corrected chi connectivity index (χ1v) is 5.99. The van der Waals surface area contributed by atoms with Crippen LogP contribution in [0.2, 0.25) is 0 Å². The molecule has 0 heteroatoms. The molecule has 0 fully saturated rings. The summed E-state index contributed by atoms with van der Waals surface area (Å²) in [7, 11) is 0. The molecule has 1 aliphatic rings. The summed E-state index contributed by atoms with van der Waals surface area (Å²) in [4.78, 5) is 0. The number of terminal acetylenes is 1. The van der Waals surface area contributed by atoms with Gasteiger partial charge in [-0.1, -0.05) is 24.1 Å². The fraction of sp³-hybridized carbons (Fsp3) is 0.375. The number of rotatable bonds is 1. The van der Waals surface area contributed by atoms with Crippen molar-refractivity contribution in [2.24, 2.45) is 0 Å². The number of allylic oxidation sites excluding steroid dienone is 2. The van der Waals surface area contributed by atoms with E-state index >= 15 is 0 Å². The van der Waals surface area contributed by atoms with Gasteiger partial charge in [0.15, 0.2) is 0 Å². The molecular formula is C16H18. The summed E-state index contributed by atoms with van der Waals surface area (Å²) in [5.41, 5.74) is 6.75. The standard InChI is InChI=1S/C16H18/c1-4-14-10-5-6-11-15(14)16-12(2)8-7-9-13(16)3/h1,7-9H,5-6,10-11H2,2-3H3. The van der Waals surface area contributed by atoms with Crippen LogP contribution >= 0.6 is 0 Å². The quantitative estimate of drug-likeness (QED) is 0.607. The third-order valence-corrected chi connectivity index (χ3v) is 3.42. The number of aryl methyl sites for hydroxylation is 2. The maximum absolute atomic E-state index is 5.62. The third kappa shape index (κ3) is 1.91. The van der Waals surface area contributed by atoms with E-state index < -0.39 is 0 Å². The Labute approximate surface area is 98.4 Å². The first-order chi connectivity index (χ1) is 7.74. The zero-order valence-corrected chi connectivity index (χ0v) is 10.1. The molecule has 0 nitrogen and oxygen atoms in total. The zero-order valence-electron chi connectivity index (χ0n) is 10.1. The molecule has 0 aliphatic heterocycles. The molecule has 0 atom stereocenters. The molecule has 1 aromatic rings. The van der Waals surface area contributed by atoms with E-state index in [0.29, 0.717) is 0 Å². The Kier molecular flexibility index (Phi) is 3.15. The van der Waals surface area contributed by atoms with Gasteiger partial charge >= 0.3 is 0 Å². The van der Waals surface area contributed by atoms with Crippen LogP contribution in [-0.4, -0.2) is 0 Å². The largest absolute Gasteiger partial charge is 0.115 e. The minimum atomic E-state index is 1.08. The van der Waals surface area contributed by atoms with Gasteiger partial charge in [-0.25, -0.2) is 0 Å². The highest BCUT2D eigenvalue weighted by Crippen LogP contribution is 2.35. The lowest BCUT2D eigenvalue weighted by molar-refractivity contribution is 0.726. The average Bonchev–Trinajstić information content (AvgIpc) is 2.29. The fourth-order valence-corrected chi connectivity index (χ4v) is 2.63. The number of benzene rings is 1. The van der Waals surface area contributed by atoms with Gasteiger partial charge in [0.2, 0.25) is 0 Å². The van der Waals surface area contributed by atoms with Gasteiger partial charge in [0.1, 0.15) is 0 Å². The molecule has 16 heavy (non-hydrogen) atoms. The van der Waals surface area contributed by atoms with Crippen LogP contribution in [0.15, 0.2) is 23.8 Å². The van der Waals surface area contributed by atoms with Crippen LogP contribution in [0, 0.1) is 26.2 Å². The van der Waals surface area contributed by atoms with E-state index in [1.54, 1.807) is 0 Å². The van der Waals surface area contributed by atoms with E-state index in [2.05, 4.69) is 38.0 Å². The smallest absolute Gasteiger partial charge is 0.00557 e. The first-order valence-electron chi connectivity index (χ1n) is 5.99. The van der Waals surface area contributed by atoms with Gasteiger partial charge in [-0.3, -0.25) is 0 Å². The molecule has 82 valence electrons. The summed E-state index contributed by atoms with van der Waals surface area (Å²) in [6.07, 6.45) is 10.4. The molecule has 0 saturated heterocycles. The minimum Gasteiger partial charge on any atom is -0.115 e. The van der Waals surface area contributed by atoms with E-state index in [0.717, 1.165) is 12.8 Å². The summed E-state index contributed by atoms with van der Waals surface area (Å²) < 4.78 is 0. The van der Waals surface area contributed by atoms with Crippen molar-refractivity contribution in [3.05, 3.63) is 40.5 Å². The maximum atomic E-state index is 5.62. The molecule has 1 aliphatic carbocycles. The second-order valence-corrected chi connectivity index (χ2v) is 4.58. The maximum Gasteiger partial charge on any atom is 0.00557 e. The van der Waals surface area contributed by atoms with Gasteiger partial charge in [0, 0.05) is 5.57 Å². The molecule has 0 N–H and O–H groups in total. The van der Waals surface area contributed by atoms with Gasteiger partial charge < -0.3 is 0 Å². The third-order valence-electron chi connectivity index (χ3n) is 3.42. The second-order valence-electron chi connectivity index (χ2n) is 4.58. The Bertz CT molecular complexity index is 449. The van der Waals surface area contributed by atoms with E-state index in [9.17, 15) is 0 Å². The lowest BCUT2D eigenvalue weighted by atomic mass is 9.84. The number of hydrogen-bond acceptors (Lipinski definition) is 0. The fourth-order valence-electron chi connectivity index (χ4n) is 2.63. The SMILES string of the molecule is C#CC1=C(c2c(C)cccc2C)CCCC1. The molecule has 0 unspecified atom stereocenters. The predicted octanol–water partition coefficient (Wildman–Crippen LogP) is 4.26. The lowest BCUT2D eigenvalue weighted by Gasteiger charge is -2.20. The van der Waals surface area contributed by atoms with Gasteiger partial charge in [-0.15, -0.1) is 6.42 Å². The Morgan fingerprint density at radius 1 is 1.06 bits per heavy atom. The summed E-state index contributed by atoms with van der Waals surface area (Å²) >= 11 is 0. The van der Waals surface area contributed by atoms with Gasteiger partial charge in [-0.05, 0) is 61.8 Å². The highest BCUT2D eigenvalue weighted by molar-refractivity contribution is 5.76. The van der Waals surface area contributed by atoms with Gasteiger partial charge in [0.05, 0.1) is 0 Å². The van der Waals surface area contributed by atoms with E-state index in [-0.39, 0.29) is 0 Å². The Morgan fingerprint density at radius 3 is 2.31 bits per heavy atom. The van der Waals surface area contributed by atoms with E-state index in [1.807, 2.05) is 0 Å². The Morgan fingerprint density at radius 2 is 1.69 bits per heavy atom. The molecule has 0 amide bonds. The van der Waals surface area contributed by atoms with Crippen molar-refractivity contribution >= 4 is 5.57 Å². The van der Waals surface area contributed by atoms with Crippen LogP contribution in [0.25, 0.3) is 5.57 Å². The van der Waals surface area contributed by atoms with Crippen LogP contribution in [-0.2, 0) is 0 Å². The molecule has 0 saturated carbocycles. The van der Waals surface area contributed by atoms with Gasteiger partial charge in [0.25, 0.3) is 0 Å². The molecule has 0 heterocycles. The Balaban J connectivity index is 2.59. The van der Waals surface area contributed by atoms with Crippen molar-refractivity contribution < 1.29 is 0 Å². The summed E-state index contributed by atoms with van der Waals surface area (Å²) in [6, 6.07) is 6.48. The highest BCUT2D eigenvalue weighted by Gasteiger charge is 2.15. The highest BCUT2D eigenvalue weighted by atomic mass is 14.2. The van der Waals surface area contributed by atoms with Gasteiger partial charge in [-0.2, -0.15) is 0 Å². The van der Waals surface area contributed by atoms with Crippen molar-refractivity contribution in [1.29, 1.82) is 0 Å². The van der Waals surface area contributed by atoms with E-state index in [1.165, 1.54) is 40.7 Å². The topological polar surface area (TPSA) is 0 Å². The second kappa shape index (κ2) is 4.58. The van der Waals surface area contributed by atoms with Crippen molar-refractivity contribution in [3.63, 3.8) is 0 Å². The molecule has 0 spiro atoms. The lowest BCUT2D eigenvalue weighted by Crippen LogP contribution is -2.01. The van der Waals surface area contributed by atoms with Crippen LogP contribution in [0.3, 0.4) is 0 Å². The van der Waals surface area contributed by atoms with Crippen LogP contribution in [0.4, 0.5) is 0 Å². The van der Waals surface area contributed by atoms with Crippen LogP contribution < -0.4 is 0 Å². The summed E-state index contributed by atoms with van der Waals surface area (Å²) in [6.45, 7) is 4.36. The van der Waals surface area contributed by atoms with E-state index in [4.69, 9.17) is 6.42 Å². The molecule has 0 bridgehead atoms. The van der Waals surface area contributed by atoms with Crippen molar-refractivity contribution in [3.8, 4) is 12.3 Å². The average molecular weight is 210 g/mol. The minimum absolute atomic E-state index is 1.08. The summed E-state index contributed by atoms with van der Waals surface area (Å²) in [5.74, 6) is 2.89. The molecule has 2 rings (SSSR count). The molecule has 0 aromatic heterocycles. The zero-order chi connectivity index (χ0) is 11.5. The van der Waals surface area contributed by atoms with Crippen molar-refractivity contribution in [1.82, 2.24) is 0 Å². The van der Waals surface area contributed by atoms with Crippen molar-refractivity contribution in [2.45, 2.75) is 39.5 Å². The molecule has 0 radical (unpaired) electrons. The molecular weight excluding hydrogens is 192 g/mol. The Hall–Kier alpha value is -1.48.